The van der Waals surface area contributed by atoms with Gasteiger partial charge in [-0.05, 0) is 47.5 Å². The van der Waals surface area contributed by atoms with Gasteiger partial charge in [0.2, 0.25) is 0 Å². The van der Waals surface area contributed by atoms with Crippen LogP contribution in [0.4, 0.5) is 5.13 Å². The largest absolute Gasteiger partial charge is 0.483 e. The van der Waals surface area contributed by atoms with E-state index in [1.54, 1.807) is 18.4 Å². The summed E-state index contributed by atoms with van der Waals surface area (Å²) in [6.45, 7) is 3.92. The monoisotopic (exact) mass is 412 g/mol. The van der Waals surface area contributed by atoms with Crippen LogP contribution in [0.3, 0.4) is 0 Å². The van der Waals surface area contributed by atoms with E-state index in [0.717, 1.165) is 10.0 Å². The lowest BCUT2D eigenvalue weighted by Crippen LogP contribution is -2.20. The molecule has 8 heteroatoms. The zero-order valence-electron chi connectivity index (χ0n) is 13.3. The Morgan fingerprint density at radius 2 is 2.17 bits per heavy atom. The topological polar surface area (TPSA) is 77.5 Å². The molecule has 0 fully saturated rings. The number of aromatic nitrogens is 1. The first kappa shape index (κ1) is 18.4. The minimum atomic E-state index is -0.340. The number of halogens is 1. The Bertz CT molecular complexity index is 733. The highest BCUT2D eigenvalue weighted by atomic mass is 79.9. The molecule has 0 aliphatic heterocycles. The van der Waals surface area contributed by atoms with Crippen molar-refractivity contribution in [3.05, 3.63) is 39.3 Å². The molecule has 0 saturated heterocycles. The molecule has 1 aromatic carbocycles. The van der Waals surface area contributed by atoms with Crippen LogP contribution in [0.1, 0.15) is 18.2 Å². The van der Waals surface area contributed by atoms with Gasteiger partial charge in [-0.15, -0.1) is 11.3 Å². The van der Waals surface area contributed by atoms with Crippen LogP contribution in [0.15, 0.2) is 28.1 Å². The molecule has 24 heavy (non-hydrogen) atoms. The lowest BCUT2D eigenvalue weighted by atomic mass is 10.2. The van der Waals surface area contributed by atoms with Crippen molar-refractivity contribution >= 4 is 44.3 Å². The molecule has 0 spiro atoms. The van der Waals surface area contributed by atoms with E-state index < -0.39 is 0 Å². The summed E-state index contributed by atoms with van der Waals surface area (Å²) in [5.74, 6) is -0.0642. The quantitative estimate of drug-likeness (QED) is 0.705. The summed E-state index contributed by atoms with van der Waals surface area (Å²) in [6, 6.07) is 5.61. The van der Waals surface area contributed by atoms with Crippen LogP contribution in [-0.4, -0.2) is 30.1 Å². The van der Waals surface area contributed by atoms with Crippen LogP contribution in [0.2, 0.25) is 0 Å². The average molecular weight is 413 g/mol. The molecular weight excluding hydrogens is 396 g/mol. The number of amides is 1. The van der Waals surface area contributed by atoms with Gasteiger partial charge in [0.05, 0.1) is 23.2 Å². The van der Waals surface area contributed by atoms with Gasteiger partial charge in [-0.1, -0.05) is 6.07 Å². The van der Waals surface area contributed by atoms with E-state index in [-0.39, 0.29) is 24.9 Å². The van der Waals surface area contributed by atoms with E-state index in [1.165, 1.54) is 11.3 Å². The van der Waals surface area contributed by atoms with E-state index in [9.17, 15) is 9.59 Å². The molecule has 0 unspecified atom stereocenters. The first-order valence-electron chi connectivity index (χ1n) is 7.26. The number of nitrogens with zero attached hydrogens (tertiary/aromatic N) is 1. The number of hydrogen-bond donors (Lipinski definition) is 1. The van der Waals surface area contributed by atoms with Gasteiger partial charge in [0, 0.05) is 5.38 Å². The van der Waals surface area contributed by atoms with Crippen molar-refractivity contribution in [1.29, 1.82) is 0 Å². The number of benzene rings is 1. The summed E-state index contributed by atoms with van der Waals surface area (Å²) in [7, 11) is 0. The predicted octanol–water partition coefficient (Wildman–Crippen LogP) is 3.34. The molecule has 0 radical (unpaired) electrons. The summed E-state index contributed by atoms with van der Waals surface area (Å²) in [5.41, 5.74) is 1.66. The van der Waals surface area contributed by atoms with Gasteiger partial charge in [0.25, 0.3) is 5.91 Å². The number of carbonyl (C=O) groups excluding carboxylic acids is 2. The van der Waals surface area contributed by atoms with Crippen LogP contribution in [0, 0.1) is 6.92 Å². The molecule has 6 nitrogen and oxygen atoms in total. The van der Waals surface area contributed by atoms with Crippen LogP contribution in [-0.2, 0) is 20.7 Å². The van der Waals surface area contributed by atoms with E-state index in [1.807, 2.05) is 19.1 Å². The SMILES string of the molecule is CCOC(=O)Cc1csc(NC(=O)COc2ccc(C)cc2Br)n1. The number of carbonyl (C=O) groups is 2. The molecule has 0 aliphatic carbocycles. The number of hydrogen-bond acceptors (Lipinski definition) is 6. The van der Waals surface area contributed by atoms with Gasteiger partial charge in [0.1, 0.15) is 5.75 Å². The van der Waals surface area contributed by atoms with Crippen molar-refractivity contribution in [3.63, 3.8) is 0 Å². The Labute approximate surface area is 152 Å². The molecule has 0 saturated carbocycles. The summed E-state index contributed by atoms with van der Waals surface area (Å²) in [4.78, 5) is 27.5. The van der Waals surface area contributed by atoms with Gasteiger partial charge in [-0.3, -0.25) is 14.9 Å². The fraction of sp³-hybridized carbons (Fsp3) is 0.312. The number of esters is 1. The fourth-order valence-corrected chi connectivity index (χ4v) is 3.16. The Morgan fingerprint density at radius 1 is 1.38 bits per heavy atom. The van der Waals surface area contributed by atoms with Crippen molar-refractivity contribution in [2.24, 2.45) is 0 Å². The molecule has 128 valence electrons. The van der Waals surface area contributed by atoms with Crippen LogP contribution in [0.25, 0.3) is 0 Å². The molecule has 1 N–H and O–H groups in total. The van der Waals surface area contributed by atoms with Crippen molar-refractivity contribution < 1.29 is 19.1 Å². The third-order valence-electron chi connectivity index (χ3n) is 2.88. The standard InChI is InChI=1S/C16H17BrN2O4S/c1-3-22-15(21)7-11-9-24-16(18-11)19-14(20)8-23-13-5-4-10(2)6-12(13)17/h4-6,9H,3,7-8H2,1-2H3,(H,18,19,20). The maximum Gasteiger partial charge on any atom is 0.311 e. The normalized spacial score (nSPS) is 10.3. The van der Waals surface area contributed by atoms with Crippen LogP contribution >= 0.6 is 27.3 Å². The van der Waals surface area contributed by atoms with Crippen LogP contribution < -0.4 is 10.1 Å². The summed E-state index contributed by atoms with van der Waals surface area (Å²) < 4.78 is 11.1. The smallest absolute Gasteiger partial charge is 0.311 e. The first-order chi connectivity index (χ1) is 11.5. The number of anilines is 1. The first-order valence-corrected chi connectivity index (χ1v) is 8.94. The van der Waals surface area contributed by atoms with Crippen molar-refractivity contribution in [2.45, 2.75) is 20.3 Å². The highest BCUT2D eigenvalue weighted by Crippen LogP contribution is 2.25. The molecule has 1 aromatic heterocycles. The predicted molar refractivity (Wildman–Crippen MR) is 95.5 cm³/mol. The van der Waals surface area contributed by atoms with E-state index in [2.05, 4.69) is 26.2 Å². The molecular formula is C16H17BrN2O4S. The molecule has 0 aliphatic rings. The van der Waals surface area contributed by atoms with E-state index in [0.29, 0.717) is 23.2 Å². The maximum atomic E-state index is 11.9. The fourth-order valence-electron chi connectivity index (χ4n) is 1.83. The second kappa shape index (κ2) is 8.79. The van der Waals surface area contributed by atoms with E-state index >= 15 is 0 Å². The summed E-state index contributed by atoms with van der Waals surface area (Å²) in [6.07, 6.45) is 0.0903. The van der Waals surface area contributed by atoms with Gasteiger partial charge in [-0.2, -0.15) is 0 Å². The molecule has 0 bridgehead atoms. The Balaban J connectivity index is 1.84. The minimum absolute atomic E-state index is 0.0903. The lowest BCUT2D eigenvalue weighted by Gasteiger charge is -2.08. The van der Waals surface area contributed by atoms with Crippen molar-refractivity contribution in [3.8, 4) is 5.75 Å². The molecule has 0 atom stereocenters. The zero-order valence-corrected chi connectivity index (χ0v) is 15.7. The number of aryl methyl sites for hydroxylation is 1. The molecule has 1 heterocycles. The number of rotatable bonds is 7. The number of thiazole rings is 1. The van der Waals surface area contributed by atoms with Crippen molar-refractivity contribution in [2.75, 3.05) is 18.5 Å². The summed E-state index contributed by atoms with van der Waals surface area (Å²) >= 11 is 4.64. The second-order valence-corrected chi connectivity index (χ2v) is 6.61. The highest BCUT2D eigenvalue weighted by Gasteiger charge is 2.11. The van der Waals surface area contributed by atoms with Crippen LogP contribution in [0.5, 0.6) is 5.75 Å². The average Bonchev–Trinajstić information content (AvgIpc) is 2.93. The second-order valence-electron chi connectivity index (χ2n) is 4.90. The molecule has 2 aromatic rings. The Kier molecular flexibility index (Phi) is 6.74. The Hall–Kier alpha value is -1.93. The van der Waals surface area contributed by atoms with Gasteiger partial charge >= 0.3 is 5.97 Å². The highest BCUT2D eigenvalue weighted by molar-refractivity contribution is 9.10. The van der Waals surface area contributed by atoms with E-state index in [4.69, 9.17) is 9.47 Å². The van der Waals surface area contributed by atoms with Gasteiger partial charge in [0.15, 0.2) is 11.7 Å². The van der Waals surface area contributed by atoms with Gasteiger partial charge in [-0.25, -0.2) is 4.98 Å². The third kappa shape index (κ3) is 5.61. The number of nitrogens with one attached hydrogen (secondary N) is 1. The Morgan fingerprint density at radius 3 is 2.88 bits per heavy atom. The van der Waals surface area contributed by atoms with Crippen molar-refractivity contribution in [1.82, 2.24) is 4.98 Å². The molecule has 2 rings (SSSR count). The van der Waals surface area contributed by atoms with Gasteiger partial charge < -0.3 is 9.47 Å². The number of ether oxygens (including phenoxy) is 2. The lowest BCUT2D eigenvalue weighted by molar-refractivity contribution is -0.142. The minimum Gasteiger partial charge on any atom is -0.483 e. The maximum absolute atomic E-state index is 11.9. The molecule has 1 amide bonds. The summed E-state index contributed by atoms with van der Waals surface area (Å²) in [5, 5.41) is 4.78. The third-order valence-corrected chi connectivity index (χ3v) is 4.30. The zero-order chi connectivity index (χ0) is 17.5.